The number of hydrogen-bond acceptors (Lipinski definition) is 5. The number of carbonyl (C=O) groups excluding carboxylic acids is 1. The zero-order valence-electron chi connectivity index (χ0n) is 16.3. The van der Waals surface area contributed by atoms with E-state index in [1.807, 2.05) is 12.1 Å². The van der Waals surface area contributed by atoms with Crippen molar-refractivity contribution in [2.24, 2.45) is 5.92 Å². The molecule has 1 atom stereocenters. The molecule has 0 aliphatic carbocycles. The molecule has 154 valence electrons. The molecule has 2 aromatic heterocycles. The normalized spacial score (nSPS) is 16.1. The number of halogens is 2. The maximum Gasteiger partial charge on any atom is 0.228 e. The van der Waals surface area contributed by atoms with E-state index >= 15 is 0 Å². The Kier molecular flexibility index (Phi) is 5.65. The van der Waals surface area contributed by atoms with Crippen LogP contribution in [0, 0.1) is 17.6 Å². The van der Waals surface area contributed by atoms with Gasteiger partial charge in [0.05, 0.1) is 29.2 Å². The third-order valence-electron chi connectivity index (χ3n) is 5.30. The summed E-state index contributed by atoms with van der Waals surface area (Å²) in [7, 11) is 0. The molecule has 1 saturated heterocycles. The Labute approximate surface area is 172 Å². The van der Waals surface area contributed by atoms with E-state index in [-0.39, 0.29) is 17.9 Å². The Bertz CT molecular complexity index is 1060. The molecule has 1 aliphatic rings. The highest BCUT2D eigenvalue weighted by atomic mass is 19.1. The minimum Gasteiger partial charge on any atom is -0.397 e. The van der Waals surface area contributed by atoms with E-state index in [1.54, 1.807) is 23.2 Å². The van der Waals surface area contributed by atoms with Gasteiger partial charge in [-0.2, -0.15) is 10.2 Å². The van der Waals surface area contributed by atoms with Gasteiger partial charge >= 0.3 is 0 Å². The van der Waals surface area contributed by atoms with Crippen LogP contribution >= 0.6 is 0 Å². The summed E-state index contributed by atoms with van der Waals surface area (Å²) in [4.78, 5) is 19.0. The molecule has 4 rings (SSSR count). The lowest BCUT2D eigenvalue weighted by Gasteiger charge is -2.17. The maximum absolute atomic E-state index is 14.1. The monoisotopic (exact) mass is 409 g/mol. The molecule has 0 bridgehead atoms. The Balaban J connectivity index is 1.44. The summed E-state index contributed by atoms with van der Waals surface area (Å²) in [5, 5.41) is 8.00. The van der Waals surface area contributed by atoms with E-state index in [9.17, 15) is 13.6 Å². The van der Waals surface area contributed by atoms with E-state index < -0.39 is 11.6 Å². The number of nitrogen functional groups attached to an aromatic ring is 1. The Morgan fingerprint density at radius 3 is 2.83 bits per heavy atom. The third-order valence-corrected chi connectivity index (χ3v) is 5.30. The molecule has 1 aromatic carbocycles. The van der Waals surface area contributed by atoms with Crippen LogP contribution in [0.2, 0.25) is 0 Å². The van der Waals surface area contributed by atoms with Gasteiger partial charge in [0, 0.05) is 30.9 Å². The third kappa shape index (κ3) is 4.42. The highest BCUT2D eigenvalue weighted by Crippen LogP contribution is 2.25. The molecular formula is C22H21F2N5O. The SMILES string of the molecule is Nc1ccc(-c2ccc(F)cc2F)nc1CC(=O)N1CCC(Cc2cccnn2)C1. The van der Waals surface area contributed by atoms with Crippen molar-refractivity contribution in [3.8, 4) is 11.3 Å². The number of hydrogen-bond donors (Lipinski definition) is 1. The van der Waals surface area contributed by atoms with Crippen LogP contribution in [0.25, 0.3) is 11.3 Å². The largest absolute Gasteiger partial charge is 0.397 e. The quantitative estimate of drug-likeness (QED) is 0.700. The maximum atomic E-state index is 14.1. The van der Waals surface area contributed by atoms with Crippen molar-refractivity contribution in [2.75, 3.05) is 18.8 Å². The summed E-state index contributed by atoms with van der Waals surface area (Å²) in [6.07, 6.45) is 3.33. The lowest BCUT2D eigenvalue weighted by atomic mass is 10.0. The second-order valence-electron chi connectivity index (χ2n) is 7.45. The van der Waals surface area contributed by atoms with Crippen molar-refractivity contribution >= 4 is 11.6 Å². The van der Waals surface area contributed by atoms with Gasteiger partial charge in [0.25, 0.3) is 0 Å². The molecule has 1 amide bonds. The summed E-state index contributed by atoms with van der Waals surface area (Å²) >= 11 is 0. The van der Waals surface area contributed by atoms with Crippen molar-refractivity contribution in [1.29, 1.82) is 0 Å². The number of nitrogens with zero attached hydrogens (tertiary/aromatic N) is 4. The second-order valence-corrected chi connectivity index (χ2v) is 7.45. The molecule has 0 spiro atoms. The summed E-state index contributed by atoms with van der Waals surface area (Å²) in [6.45, 7) is 1.30. The molecule has 2 N–H and O–H groups in total. The zero-order chi connectivity index (χ0) is 21.1. The molecule has 8 heteroatoms. The van der Waals surface area contributed by atoms with Crippen molar-refractivity contribution in [3.63, 3.8) is 0 Å². The molecule has 6 nitrogen and oxygen atoms in total. The van der Waals surface area contributed by atoms with Crippen LogP contribution < -0.4 is 5.73 Å². The number of carbonyl (C=O) groups is 1. The van der Waals surface area contributed by atoms with Crippen molar-refractivity contribution in [2.45, 2.75) is 19.3 Å². The van der Waals surface area contributed by atoms with Crippen LogP contribution in [0.3, 0.4) is 0 Å². The van der Waals surface area contributed by atoms with Crippen LogP contribution in [0.5, 0.6) is 0 Å². The summed E-state index contributed by atoms with van der Waals surface area (Å²) in [5.74, 6) is -1.12. The Hall–Kier alpha value is -3.42. The molecule has 0 saturated carbocycles. The van der Waals surface area contributed by atoms with E-state index in [0.717, 1.165) is 24.6 Å². The van der Waals surface area contributed by atoms with E-state index in [1.165, 1.54) is 12.1 Å². The number of amides is 1. The molecule has 0 radical (unpaired) electrons. The van der Waals surface area contributed by atoms with Crippen molar-refractivity contribution in [1.82, 2.24) is 20.1 Å². The highest BCUT2D eigenvalue weighted by Gasteiger charge is 2.27. The lowest BCUT2D eigenvalue weighted by Crippen LogP contribution is -2.31. The van der Waals surface area contributed by atoms with E-state index in [2.05, 4.69) is 15.2 Å². The smallest absolute Gasteiger partial charge is 0.228 e. The van der Waals surface area contributed by atoms with Gasteiger partial charge in [-0.15, -0.1) is 0 Å². The average molecular weight is 409 g/mol. The van der Waals surface area contributed by atoms with Crippen LogP contribution in [-0.4, -0.2) is 39.1 Å². The number of nitrogens with two attached hydrogens (primary N) is 1. The van der Waals surface area contributed by atoms with Gasteiger partial charge in [0.1, 0.15) is 11.6 Å². The van der Waals surface area contributed by atoms with E-state index in [4.69, 9.17) is 5.73 Å². The first-order chi connectivity index (χ1) is 14.5. The predicted molar refractivity (Wildman–Crippen MR) is 108 cm³/mol. The van der Waals surface area contributed by atoms with Crippen LogP contribution in [-0.2, 0) is 17.6 Å². The zero-order valence-corrected chi connectivity index (χ0v) is 16.3. The molecular weight excluding hydrogens is 388 g/mol. The van der Waals surface area contributed by atoms with Gasteiger partial charge in [-0.25, -0.2) is 8.78 Å². The Morgan fingerprint density at radius 2 is 2.07 bits per heavy atom. The molecule has 3 heterocycles. The number of pyridine rings is 1. The van der Waals surface area contributed by atoms with Gasteiger partial charge in [-0.1, -0.05) is 0 Å². The van der Waals surface area contributed by atoms with Crippen LogP contribution in [0.15, 0.2) is 48.7 Å². The Morgan fingerprint density at radius 1 is 1.20 bits per heavy atom. The van der Waals surface area contributed by atoms with Crippen LogP contribution in [0.1, 0.15) is 17.8 Å². The number of aromatic nitrogens is 3. The van der Waals surface area contributed by atoms with Gasteiger partial charge in [0.15, 0.2) is 0 Å². The molecule has 1 unspecified atom stereocenters. The number of rotatable bonds is 5. The summed E-state index contributed by atoms with van der Waals surface area (Å²) in [5.41, 5.74) is 8.14. The van der Waals surface area contributed by atoms with Crippen molar-refractivity contribution in [3.05, 3.63) is 71.7 Å². The van der Waals surface area contributed by atoms with Gasteiger partial charge in [-0.05, 0) is 55.2 Å². The fourth-order valence-corrected chi connectivity index (χ4v) is 3.72. The number of benzene rings is 1. The van der Waals surface area contributed by atoms with Gasteiger partial charge in [-0.3, -0.25) is 9.78 Å². The molecule has 3 aromatic rings. The molecule has 1 aliphatic heterocycles. The first kappa shape index (κ1) is 19.9. The topological polar surface area (TPSA) is 85.0 Å². The highest BCUT2D eigenvalue weighted by molar-refractivity contribution is 5.80. The number of anilines is 1. The van der Waals surface area contributed by atoms with Gasteiger partial charge < -0.3 is 10.6 Å². The second kappa shape index (κ2) is 8.52. The lowest BCUT2D eigenvalue weighted by molar-refractivity contribution is -0.129. The van der Waals surface area contributed by atoms with Crippen molar-refractivity contribution < 1.29 is 13.6 Å². The fourth-order valence-electron chi connectivity index (χ4n) is 3.72. The van der Waals surface area contributed by atoms with Crippen LogP contribution in [0.4, 0.5) is 14.5 Å². The fraction of sp³-hybridized carbons (Fsp3) is 0.273. The number of likely N-dealkylation sites (tertiary alicyclic amines) is 1. The minimum absolute atomic E-state index is 0.0281. The molecule has 30 heavy (non-hydrogen) atoms. The average Bonchev–Trinajstić information content (AvgIpc) is 3.19. The standard InChI is InChI=1S/C22H21F2N5O/c23-15-3-4-17(18(24)11-15)20-6-5-19(25)21(27-20)12-22(30)29-9-7-14(13-29)10-16-2-1-8-26-28-16/h1-6,8,11,14H,7,9-10,12-13,25H2. The predicted octanol–water partition coefficient (Wildman–Crippen LogP) is 3.03. The summed E-state index contributed by atoms with van der Waals surface area (Å²) in [6, 6.07) is 10.2. The summed E-state index contributed by atoms with van der Waals surface area (Å²) < 4.78 is 27.3. The first-order valence-electron chi connectivity index (χ1n) is 9.75. The van der Waals surface area contributed by atoms with E-state index in [0.29, 0.717) is 36.1 Å². The van der Waals surface area contributed by atoms with Gasteiger partial charge in [0.2, 0.25) is 5.91 Å². The minimum atomic E-state index is -0.712. The molecule has 1 fully saturated rings. The first-order valence-corrected chi connectivity index (χ1v) is 9.75.